The molecule has 0 atom stereocenters. The van der Waals surface area contributed by atoms with E-state index < -0.39 is 5.97 Å². The van der Waals surface area contributed by atoms with Crippen LogP contribution in [0.5, 0.6) is 0 Å². The molecule has 0 unspecified atom stereocenters. The number of aromatic carboxylic acids is 1. The minimum Gasteiger partial charge on any atom is -0.478 e. The molecule has 1 aliphatic heterocycles. The van der Waals surface area contributed by atoms with Gasteiger partial charge in [-0.3, -0.25) is 4.99 Å². The number of hydrogen-bond donors (Lipinski definition) is 1. The van der Waals surface area contributed by atoms with Crippen molar-refractivity contribution in [1.82, 2.24) is 0 Å². The number of fused-ring (bicyclic) bond motifs is 1. The molecule has 0 spiro atoms. The van der Waals surface area contributed by atoms with Gasteiger partial charge in [-0.05, 0) is 30.7 Å². The van der Waals surface area contributed by atoms with Gasteiger partial charge >= 0.3 is 5.97 Å². The van der Waals surface area contributed by atoms with Crippen LogP contribution in [0.1, 0.15) is 36.7 Å². The molecular weight excluding hydrogens is 213 g/mol. The first-order chi connectivity index (χ1) is 6.93. The molecule has 79 valence electrons. The maximum Gasteiger partial charge on any atom is 0.335 e. The summed E-state index contributed by atoms with van der Waals surface area (Å²) in [5, 5.41) is 8.91. The molecule has 0 saturated heterocycles. The summed E-state index contributed by atoms with van der Waals surface area (Å²) < 4.78 is 0. The number of carboxylic acid groups (broad SMARTS) is 1. The second kappa shape index (κ2) is 4.32. The molecule has 0 saturated carbocycles. The Kier molecular flexibility index (Phi) is 3.62. The van der Waals surface area contributed by atoms with E-state index in [1.54, 1.807) is 18.2 Å². The van der Waals surface area contributed by atoms with Gasteiger partial charge in [0, 0.05) is 40.7 Å². The Morgan fingerprint density at radius 1 is 1.38 bits per heavy atom. The number of carboxylic acids is 1. The van der Waals surface area contributed by atoms with E-state index in [4.69, 9.17) is 5.11 Å². The molecule has 3 nitrogen and oxygen atoms in total. The largest absolute Gasteiger partial charge is 0.478 e. The number of rotatable bonds is 1. The third kappa shape index (κ3) is 1.95. The monoisotopic (exact) mass is 226 g/mol. The number of carbonyl (C=O) groups is 1. The van der Waals surface area contributed by atoms with Gasteiger partial charge in [-0.25, -0.2) is 4.79 Å². The SMILES string of the molecule is CC1=Nc2ccc(C(=O)O)cc2C1(C)C.[Na]. The fourth-order valence-electron chi connectivity index (χ4n) is 1.78. The average Bonchev–Trinajstić information content (AvgIpc) is 2.38. The van der Waals surface area contributed by atoms with Crippen LogP contribution in [0.4, 0.5) is 5.69 Å². The van der Waals surface area contributed by atoms with E-state index in [1.165, 1.54) is 0 Å². The predicted molar refractivity (Wildman–Crippen MR) is 65.0 cm³/mol. The predicted octanol–water partition coefficient (Wildman–Crippen LogP) is 2.39. The topological polar surface area (TPSA) is 49.7 Å². The summed E-state index contributed by atoms with van der Waals surface area (Å²) in [5.74, 6) is -0.891. The molecule has 1 aromatic rings. The Bertz CT molecular complexity index is 478. The van der Waals surface area contributed by atoms with Crippen LogP contribution in [0.2, 0.25) is 0 Å². The van der Waals surface area contributed by atoms with Crippen molar-refractivity contribution in [2.24, 2.45) is 4.99 Å². The van der Waals surface area contributed by atoms with Crippen LogP contribution in [-0.2, 0) is 5.41 Å². The van der Waals surface area contributed by atoms with Gasteiger partial charge in [0.15, 0.2) is 0 Å². The molecule has 1 aliphatic rings. The summed E-state index contributed by atoms with van der Waals surface area (Å²) in [5.41, 5.74) is 3.09. The van der Waals surface area contributed by atoms with Crippen molar-refractivity contribution in [3.8, 4) is 0 Å². The molecule has 0 aromatic heterocycles. The van der Waals surface area contributed by atoms with E-state index in [0.717, 1.165) is 17.0 Å². The van der Waals surface area contributed by atoms with E-state index in [-0.39, 0.29) is 35.0 Å². The summed E-state index contributed by atoms with van der Waals surface area (Å²) in [4.78, 5) is 15.3. The summed E-state index contributed by atoms with van der Waals surface area (Å²) in [6, 6.07) is 5.09. The van der Waals surface area contributed by atoms with Gasteiger partial charge in [-0.15, -0.1) is 0 Å². The Labute approximate surface area is 117 Å². The molecule has 1 radical (unpaired) electrons. The van der Waals surface area contributed by atoms with Gasteiger partial charge in [0.2, 0.25) is 0 Å². The maximum atomic E-state index is 10.9. The first kappa shape index (κ1) is 13.4. The molecule has 0 aliphatic carbocycles. The molecule has 0 amide bonds. The van der Waals surface area contributed by atoms with Crippen LogP contribution in [0.3, 0.4) is 0 Å². The first-order valence-electron chi connectivity index (χ1n) is 4.86. The molecule has 1 aromatic carbocycles. The van der Waals surface area contributed by atoms with Crippen LogP contribution < -0.4 is 0 Å². The number of hydrogen-bond acceptors (Lipinski definition) is 2. The fraction of sp³-hybridized carbons (Fsp3) is 0.333. The molecule has 4 heteroatoms. The fourth-order valence-corrected chi connectivity index (χ4v) is 1.78. The van der Waals surface area contributed by atoms with Crippen LogP contribution in [-0.4, -0.2) is 46.3 Å². The number of nitrogens with zero attached hydrogens (tertiary/aromatic N) is 1. The Hall–Kier alpha value is -0.640. The minimum atomic E-state index is -0.891. The van der Waals surface area contributed by atoms with Crippen molar-refractivity contribution >= 4 is 46.9 Å². The molecule has 2 rings (SSSR count). The van der Waals surface area contributed by atoms with Crippen molar-refractivity contribution in [1.29, 1.82) is 0 Å². The van der Waals surface area contributed by atoms with E-state index in [0.29, 0.717) is 5.56 Å². The van der Waals surface area contributed by atoms with Gasteiger partial charge in [0.05, 0.1) is 11.3 Å². The molecule has 0 fully saturated rings. The van der Waals surface area contributed by atoms with Crippen LogP contribution in [0.15, 0.2) is 23.2 Å². The van der Waals surface area contributed by atoms with Gasteiger partial charge in [0.25, 0.3) is 0 Å². The zero-order valence-corrected chi connectivity index (χ0v) is 12.0. The molecule has 1 heterocycles. The number of aliphatic imine (C=N–C) groups is 1. The second-order valence-electron chi connectivity index (χ2n) is 4.36. The van der Waals surface area contributed by atoms with Crippen LogP contribution in [0.25, 0.3) is 0 Å². The summed E-state index contributed by atoms with van der Waals surface area (Å²) in [7, 11) is 0. The van der Waals surface area contributed by atoms with Gasteiger partial charge in [-0.1, -0.05) is 13.8 Å². The average molecular weight is 226 g/mol. The van der Waals surface area contributed by atoms with Crippen LogP contribution in [0, 0.1) is 0 Å². The Morgan fingerprint density at radius 3 is 2.56 bits per heavy atom. The summed E-state index contributed by atoms with van der Waals surface area (Å²) >= 11 is 0. The van der Waals surface area contributed by atoms with Gasteiger partial charge in [0.1, 0.15) is 0 Å². The van der Waals surface area contributed by atoms with Crippen molar-refractivity contribution < 1.29 is 9.90 Å². The standard InChI is InChI=1S/C12H13NO2.Na/c1-7-12(2,3)9-6-8(11(14)15)4-5-10(9)13-7;/h4-6H,1-3H3,(H,14,15);. The molecular formula is C12H13NNaO2. The zero-order valence-electron chi connectivity index (χ0n) is 10.0. The smallest absolute Gasteiger partial charge is 0.335 e. The van der Waals surface area contributed by atoms with Gasteiger partial charge < -0.3 is 5.11 Å². The van der Waals surface area contributed by atoms with Crippen LogP contribution >= 0.6 is 0 Å². The molecule has 0 bridgehead atoms. The van der Waals surface area contributed by atoms with Crippen molar-refractivity contribution in [2.75, 3.05) is 0 Å². The van der Waals surface area contributed by atoms with E-state index >= 15 is 0 Å². The summed E-state index contributed by atoms with van der Waals surface area (Å²) in [6.07, 6.45) is 0. The van der Waals surface area contributed by atoms with E-state index in [9.17, 15) is 4.79 Å². The Balaban J connectivity index is 0.00000128. The third-order valence-electron chi connectivity index (χ3n) is 3.11. The first-order valence-corrected chi connectivity index (χ1v) is 4.86. The molecule has 1 N–H and O–H groups in total. The number of benzene rings is 1. The third-order valence-corrected chi connectivity index (χ3v) is 3.11. The normalized spacial score (nSPS) is 16.1. The van der Waals surface area contributed by atoms with Crippen molar-refractivity contribution in [3.63, 3.8) is 0 Å². The minimum absolute atomic E-state index is 0. The summed E-state index contributed by atoms with van der Waals surface area (Å²) in [6.45, 7) is 6.09. The van der Waals surface area contributed by atoms with E-state index in [1.807, 2.05) is 6.92 Å². The second-order valence-corrected chi connectivity index (χ2v) is 4.36. The molecule has 16 heavy (non-hydrogen) atoms. The Morgan fingerprint density at radius 2 is 2.00 bits per heavy atom. The quantitative estimate of drug-likeness (QED) is 0.747. The maximum absolute atomic E-state index is 10.9. The van der Waals surface area contributed by atoms with E-state index in [2.05, 4.69) is 18.8 Å². The van der Waals surface area contributed by atoms with Crippen molar-refractivity contribution in [2.45, 2.75) is 26.2 Å². The van der Waals surface area contributed by atoms with Gasteiger partial charge in [-0.2, -0.15) is 0 Å². The zero-order chi connectivity index (χ0) is 11.2. The van der Waals surface area contributed by atoms with Crippen molar-refractivity contribution in [3.05, 3.63) is 29.3 Å².